The Morgan fingerprint density at radius 2 is 1.72 bits per heavy atom. The summed E-state index contributed by atoms with van der Waals surface area (Å²) in [6, 6.07) is 18.6. The molecular weight excluding hydrogens is 362 g/mol. The molecule has 0 bridgehead atoms. The van der Waals surface area contributed by atoms with Gasteiger partial charge in [0, 0.05) is 22.7 Å². The van der Waals surface area contributed by atoms with E-state index in [1.165, 1.54) is 4.57 Å². The number of aliphatic imine (C=N–C) groups is 1. The predicted octanol–water partition coefficient (Wildman–Crippen LogP) is 4.77. The van der Waals surface area contributed by atoms with Gasteiger partial charge in [0.25, 0.3) is 5.56 Å². The third-order valence-electron chi connectivity index (χ3n) is 4.90. The average molecular weight is 383 g/mol. The fourth-order valence-corrected chi connectivity index (χ4v) is 3.50. The molecule has 2 aromatic heterocycles. The Labute approximate surface area is 168 Å². The first-order valence-corrected chi connectivity index (χ1v) is 9.38. The summed E-state index contributed by atoms with van der Waals surface area (Å²) in [7, 11) is 0. The highest BCUT2D eigenvalue weighted by molar-refractivity contribution is 6.02. The second-order valence-electron chi connectivity index (χ2n) is 7.11. The van der Waals surface area contributed by atoms with Crippen molar-refractivity contribution in [2.45, 2.75) is 20.8 Å². The number of hydrogen-bond acceptors (Lipinski definition) is 4. The molecule has 0 atom stereocenters. The second kappa shape index (κ2) is 7.36. The Morgan fingerprint density at radius 1 is 0.966 bits per heavy atom. The molecule has 5 heteroatoms. The highest BCUT2D eigenvalue weighted by atomic mass is 16.3. The minimum absolute atomic E-state index is 0.142. The van der Waals surface area contributed by atoms with E-state index in [1.807, 2.05) is 69.3 Å². The lowest BCUT2D eigenvalue weighted by Gasteiger charge is -2.15. The zero-order valence-corrected chi connectivity index (χ0v) is 16.5. The van der Waals surface area contributed by atoms with Crippen molar-refractivity contribution in [1.82, 2.24) is 9.55 Å². The number of benzene rings is 2. The lowest BCUT2D eigenvalue weighted by Crippen LogP contribution is -2.21. The molecular formula is C24H21N3O2. The van der Waals surface area contributed by atoms with Crippen LogP contribution >= 0.6 is 0 Å². The maximum atomic E-state index is 13.2. The van der Waals surface area contributed by atoms with E-state index in [2.05, 4.69) is 9.98 Å². The molecule has 0 amide bonds. The van der Waals surface area contributed by atoms with Crippen LogP contribution in [0.4, 0.5) is 5.82 Å². The number of pyridine rings is 2. The molecule has 0 aliphatic rings. The highest BCUT2D eigenvalue weighted by Crippen LogP contribution is 2.28. The van der Waals surface area contributed by atoms with Crippen LogP contribution in [0.25, 0.3) is 16.5 Å². The fraction of sp³-hybridized carbons (Fsp3) is 0.125. The van der Waals surface area contributed by atoms with Crippen LogP contribution in [0, 0.1) is 20.8 Å². The molecule has 0 radical (unpaired) electrons. The summed E-state index contributed by atoms with van der Waals surface area (Å²) >= 11 is 0. The quantitative estimate of drug-likeness (QED) is 0.518. The van der Waals surface area contributed by atoms with Crippen molar-refractivity contribution < 1.29 is 5.11 Å². The molecule has 5 nitrogen and oxygen atoms in total. The van der Waals surface area contributed by atoms with Crippen LogP contribution in [0.1, 0.15) is 22.4 Å². The smallest absolute Gasteiger partial charge is 0.265 e. The van der Waals surface area contributed by atoms with Gasteiger partial charge in [-0.1, -0.05) is 42.0 Å². The van der Waals surface area contributed by atoms with E-state index in [0.717, 1.165) is 16.8 Å². The van der Waals surface area contributed by atoms with Gasteiger partial charge in [0.05, 0.1) is 11.3 Å². The molecule has 144 valence electrons. The van der Waals surface area contributed by atoms with Gasteiger partial charge in [0.1, 0.15) is 0 Å². The van der Waals surface area contributed by atoms with Crippen LogP contribution in [0.15, 0.2) is 70.5 Å². The zero-order chi connectivity index (χ0) is 20.5. The van der Waals surface area contributed by atoms with Crippen molar-refractivity contribution >= 4 is 22.8 Å². The molecule has 0 unspecified atom stereocenters. The maximum absolute atomic E-state index is 13.2. The molecule has 0 spiro atoms. The van der Waals surface area contributed by atoms with Gasteiger partial charge < -0.3 is 5.11 Å². The van der Waals surface area contributed by atoms with Crippen LogP contribution in [0.2, 0.25) is 0 Å². The number of hydrogen-bond donors (Lipinski definition) is 1. The van der Waals surface area contributed by atoms with Gasteiger partial charge in [-0.25, -0.2) is 14.5 Å². The molecule has 0 fully saturated rings. The van der Waals surface area contributed by atoms with Gasteiger partial charge in [0.15, 0.2) is 5.82 Å². The van der Waals surface area contributed by atoms with Crippen LogP contribution in [0.5, 0.6) is 5.88 Å². The van der Waals surface area contributed by atoms with Crippen molar-refractivity contribution in [3.8, 4) is 11.6 Å². The minimum atomic E-state index is -0.268. The number of rotatable bonds is 3. The number of aromatic hydroxyl groups is 1. The lowest BCUT2D eigenvalue weighted by molar-refractivity contribution is 0.436. The summed E-state index contributed by atoms with van der Waals surface area (Å²) in [4.78, 5) is 22.0. The van der Waals surface area contributed by atoms with Gasteiger partial charge in [-0.15, -0.1) is 0 Å². The maximum Gasteiger partial charge on any atom is 0.265 e. The Morgan fingerprint density at radius 3 is 2.45 bits per heavy atom. The van der Waals surface area contributed by atoms with E-state index in [1.54, 1.807) is 18.3 Å². The van der Waals surface area contributed by atoms with Crippen molar-refractivity contribution in [2.75, 3.05) is 0 Å². The average Bonchev–Trinajstić information content (AvgIpc) is 2.69. The van der Waals surface area contributed by atoms with Gasteiger partial charge in [-0.2, -0.15) is 0 Å². The summed E-state index contributed by atoms with van der Waals surface area (Å²) in [5.74, 6) is 0.398. The molecule has 0 saturated heterocycles. The van der Waals surface area contributed by atoms with Crippen LogP contribution < -0.4 is 5.56 Å². The normalized spacial score (nSPS) is 11.4. The number of fused-ring (bicyclic) bond motifs is 1. The first kappa shape index (κ1) is 18.6. The van der Waals surface area contributed by atoms with Crippen molar-refractivity contribution in [2.24, 2.45) is 4.99 Å². The van der Waals surface area contributed by atoms with E-state index in [4.69, 9.17) is 0 Å². The van der Waals surface area contributed by atoms with Crippen LogP contribution in [-0.2, 0) is 0 Å². The monoisotopic (exact) mass is 383 g/mol. The molecule has 2 aromatic carbocycles. The summed E-state index contributed by atoms with van der Waals surface area (Å²) in [5.41, 5.74) is 3.70. The zero-order valence-electron chi connectivity index (χ0n) is 16.5. The van der Waals surface area contributed by atoms with Crippen LogP contribution in [0.3, 0.4) is 0 Å². The summed E-state index contributed by atoms with van der Waals surface area (Å²) in [6.07, 6.45) is 1.57. The predicted molar refractivity (Wildman–Crippen MR) is 117 cm³/mol. The van der Waals surface area contributed by atoms with Gasteiger partial charge in [-0.3, -0.25) is 4.79 Å². The van der Waals surface area contributed by atoms with Gasteiger partial charge in [-0.05, 0) is 50.6 Å². The molecule has 4 rings (SSSR count). The molecule has 0 aliphatic heterocycles. The molecule has 2 heterocycles. The van der Waals surface area contributed by atoms with E-state index >= 15 is 0 Å². The summed E-state index contributed by atoms with van der Waals surface area (Å²) < 4.78 is 1.35. The van der Waals surface area contributed by atoms with E-state index < -0.39 is 0 Å². The topological polar surface area (TPSA) is 67.5 Å². The summed E-state index contributed by atoms with van der Waals surface area (Å²) in [5, 5.41) is 12.3. The fourth-order valence-electron chi connectivity index (χ4n) is 3.50. The van der Waals surface area contributed by atoms with Crippen molar-refractivity contribution in [3.63, 3.8) is 0 Å². The number of nitrogens with zero attached hydrogens (tertiary/aromatic N) is 3. The Kier molecular flexibility index (Phi) is 4.72. The standard InChI is InChI=1S/C24H21N3O2/c1-15-11-12-21(16(2)13-15)27-23(28)19-9-5-4-8-18(19)20(24(27)29)14-25-22-10-6-7-17(3)26-22/h4-14,29H,1-3H3/b25-14+. The van der Waals surface area contributed by atoms with Crippen molar-refractivity contribution in [1.29, 1.82) is 0 Å². The van der Waals surface area contributed by atoms with Crippen molar-refractivity contribution in [3.05, 3.63) is 93.4 Å². The third-order valence-corrected chi connectivity index (χ3v) is 4.90. The van der Waals surface area contributed by atoms with Gasteiger partial charge in [0.2, 0.25) is 5.88 Å². The largest absolute Gasteiger partial charge is 0.494 e. The molecule has 0 aliphatic carbocycles. The first-order chi connectivity index (χ1) is 14.0. The Balaban J connectivity index is 2.00. The molecule has 29 heavy (non-hydrogen) atoms. The Hall–Kier alpha value is -3.73. The van der Waals surface area contributed by atoms with Gasteiger partial charge >= 0.3 is 0 Å². The molecule has 4 aromatic rings. The second-order valence-corrected chi connectivity index (χ2v) is 7.11. The SMILES string of the molecule is Cc1ccc(-n2c(O)c(/C=N/c3cccc(C)n3)c3ccccc3c2=O)c(C)c1. The van der Waals surface area contributed by atoms with E-state index in [-0.39, 0.29) is 11.4 Å². The Bertz CT molecular complexity index is 1320. The van der Waals surface area contributed by atoms with Crippen LogP contribution in [-0.4, -0.2) is 20.9 Å². The van der Waals surface area contributed by atoms with E-state index in [9.17, 15) is 9.90 Å². The minimum Gasteiger partial charge on any atom is -0.494 e. The summed E-state index contributed by atoms with van der Waals surface area (Å²) in [6.45, 7) is 5.81. The third kappa shape index (κ3) is 3.43. The number of aromatic nitrogens is 2. The van der Waals surface area contributed by atoms with E-state index in [0.29, 0.717) is 27.8 Å². The highest BCUT2D eigenvalue weighted by Gasteiger charge is 2.17. The molecule has 0 saturated carbocycles. The molecule has 1 N–H and O–H groups in total. The first-order valence-electron chi connectivity index (χ1n) is 9.38. The number of aryl methyl sites for hydroxylation is 3. The lowest BCUT2D eigenvalue weighted by atomic mass is 10.1.